The minimum atomic E-state index is -0.0472. The summed E-state index contributed by atoms with van der Waals surface area (Å²) in [6.07, 6.45) is 2.60. The molecule has 2 heterocycles. The highest BCUT2D eigenvalue weighted by Crippen LogP contribution is 2.44. The van der Waals surface area contributed by atoms with Crippen molar-refractivity contribution in [1.29, 1.82) is 0 Å². The molecule has 0 radical (unpaired) electrons. The standard InChI is InChI=1S/C26H34N4O2/c1-6-30(7-2)12-11-27-25(31)21-17(5)28-24-18(21)9-8-10-19(24)22-20-14-15(3)13-16(4)23(20)29-26(22)32/h13-14,28H,6-12H2,1-5H3,(H,27,31)(H,29,32). The number of carbonyl (C=O) groups is 2. The molecule has 1 aliphatic carbocycles. The van der Waals surface area contributed by atoms with Crippen LogP contribution in [-0.2, 0) is 11.2 Å². The van der Waals surface area contributed by atoms with Crippen LogP contribution in [0.1, 0.15) is 70.7 Å². The minimum absolute atomic E-state index is 0.0265. The van der Waals surface area contributed by atoms with E-state index in [-0.39, 0.29) is 11.8 Å². The lowest BCUT2D eigenvalue weighted by Gasteiger charge is -2.20. The van der Waals surface area contributed by atoms with Gasteiger partial charge in [0, 0.05) is 30.0 Å². The number of rotatable bonds is 6. The molecule has 32 heavy (non-hydrogen) atoms. The average molecular weight is 435 g/mol. The summed E-state index contributed by atoms with van der Waals surface area (Å²) >= 11 is 0. The van der Waals surface area contributed by atoms with Crippen molar-refractivity contribution in [3.8, 4) is 0 Å². The highest BCUT2D eigenvalue weighted by Gasteiger charge is 2.33. The Morgan fingerprint density at radius 3 is 2.59 bits per heavy atom. The second-order valence-electron chi connectivity index (χ2n) is 8.93. The molecule has 1 aliphatic heterocycles. The van der Waals surface area contributed by atoms with Gasteiger partial charge in [0.2, 0.25) is 0 Å². The Morgan fingerprint density at radius 1 is 1.12 bits per heavy atom. The van der Waals surface area contributed by atoms with Crippen molar-refractivity contribution in [1.82, 2.24) is 15.2 Å². The zero-order valence-electron chi connectivity index (χ0n) is 19.9. The van der Waals surface area contributed by atoms with Crippen LogP contribution in [0.2, 0.25) is 0 Å². The topological polar surface area (TPSA) is 77.2 Å². The number of likely N-dealkylation sites (N-methyl/N-ethyl adjacent to an activating group) is 1. The molecular weight excluding hydrogens is 400 g/mol. The number of aryl methyl sites for hydroxylation is 3. The van der Waals surface area contributed by atoms with Crippen LogP contribution in [0.15, 0.2) is 12.1 Å². The van der Waals surface area contributed by atoms with Crippen LogP contribution in [0.5, 0.6) is 0 Å². The molecule has 2 aromatic rings. The molecule has 6 heteroatoms. The molecule has 0 bridgehead atoms. The van der Waals surface area contributed by atoms with Gasteiger partial charge in [0.15, 0.2) is 0 Å². The molecule has 1 aromatic heterocycles. The number of allylic oxidation sites excluding steroid dienone is 1. The average Bonchev–Trinajstić information content (AvgIpc) is 3.27. The van der Waals surface area contributed by atoms with Gasteiger partial charge in [0.25, 0.3) is 11.8 Å². The molecule has 0 saturated heterocycles. The normalized spacial score (nSPS) is 17.4. The summed E-state index contributed by atoms with van der Waals surface area (Å²) in [6, 6.07) is 4.19. The van der Waals surface area contributed by atoms with Gasteiger partial charge in [-0.1, -0.05) is 25.5 Å². The summed E-state index contributed by atoms with van der Waals surface area (Å²) in [7, 11) is 0. The molecular formula is C26H34N4O2. The van der Waals surface area contributed by atoms with Gasteiger partial charge >= 0.3 is 0 Å². The Morgan fingerprint density at radius 2 is 1.88 bits per heavy atom. The Balaban J connectivity index is 1.70. The second kappa shape index (κ2) is 8.94. The third kappa shape index (κ3) is 3.88. The number of hydrogen-bond donors (Lipinski definition) is 3. The fourth-order valence-corrected chi connectivity index (χ4v) is 5.19. The van der Waals surface area contributed by atoms with Gasteiger partial charge in [0.1, 0.15) is 0 Å². The van der Waals surface area contributed by atoms with E-state index in [1.54, 1.807) is 0 Å². The minimum Gasteiger partial charge on any atom is -0.358 e. The highest BCUT2D eigenvalue weighted by molar-refractivity contribution is 6.37. The first-order chi connectivity index (χ1) is 15.3. The lowest BCUT2D eigenvalue weighted by atomic mass is 9.85. The number of hydrogen-bond acceptors (Lipinski definition) is 3. The summed E-state index contributed by atoms with van der Waals surface area (Å²) in [5.74, 6) is -0.0737. The smallest absolute Gasteiger partial charge is 0.256 e. The van der Waals surface area contributed by atoms with Crippen molar-refractivity contribution in [2.45, 2.75) is 53.9 Å². The Labute approximate surface area is 190 Å². The zero-order valence-corrected chi connectivity index (χ0v) is 19.9. The van der Waals surface area contributed by atoms with Crippen molar-refractivity contribution >= 4 is 28.6 Å². The molecule has 0 unspecified atom stereocenters. The number of amides is 2. The fourth-order valence-electron chi connectivity index (χ4n) is 5.19. The first kappa shape index (κ1) is 22.3. The largest absolute Gasteiger partial charge is 0.358 e. The number of nitrogens with one attached hydrogen (secondary N) is 3. The van der Waals surface area contributed by atoms with Gasteiger partial charge in [-0.15, -0.1) is 0 Å². The first-order valence-electron chi connectivity index (χ1n) is 11.7. The maximum atomic E-state index is 13.1. The van der Waals surface area contributed by atoms with E-state index >= 15 is 0 Å². The molecule has 0 fully saturated rings. The van der Waals surface area contributed by atoms with Crippen molar-refractivity contribution in [3.05, 3.63) is 51.3 Å². The number of aromatic amines is 1. The summed E-state index contributed by atoms with van der Waals surface area (Å²) in [5, 5.41) is 6.17. The van der Waals surface area contributed by atoms with Crippen LogP contribution in [0.4, 0.5) is 5.69 Å². The lowest BCUT2D eigenvalue weighted by Crippen LogP contribution is -2.35. The quantitative estimate of drug-likeness (QED) is 0.596. The maximum Gasteiger partial charge on any atom is 0.256 e. The van der Waals surface area contributed by atoms with Crippen LogP contribution < -0.4 is 10.6 Å². The van der Waals surface area contributed by atoms with Crippen LogP contribution in [0.25, 0.3) is 11.1 Å². The van der Waals surface area contributed by atoms with E-state index in [1.807, 2.05) is 13.8 Å². The predicted molar refractivity (Wildman–Crippen MR) is 130 cm³/mol. The van der Waals surface area contributed by atoms with E-state index in [0.29, 0.717) is 6.54 Å². The number of carbonyl (C=O) groups excluding carboxylic acids is 2. The molecule has 2 amide bonds. The molecule has 6 nitrogen and oxygen atoms in total. The third-order valence-corrected chi connectivity index (χ3v) is 6.80. The van der Waals surface area contributed by atoms with E-state index < -0.39 is 0 Å². The van der Waals surface area contributed by atoms with Crippen LogP contribution in [0, 0.1) is 20.8 Å². The van der Waals surface area contributed by atoms with Crippen LogP contribution >= 0.6 is 0 Å². The van der Waals surface area contributed by atoms with E-state index in [0.717, 1.165) is 94.9 Å². The molecule has 2 aliphatic rings. The van der Waals surface area contributed by atoms with Crippen molar-refractivity contribution in [3.63, 3.8) is 0 Å². The molecule has 0 spiro atoms. The van der Waals surface area contributed by atoms with Gasteiger partial charge in [-0.3, -0.25) is 9.59 Å². The molecule has 0 saturated carbocycles. The summed E-state index contributed by atoms with van der Waals surface area (Å²) in [6.45, 7) is 13.7. The predicted octanol–water partition coefficient (Wildman–Crippen LogP) is 4.21. The number of anilines is 1. The summed E-state index contributed by atoms with van der Waals surface area (Å²) in [4.78, 5) is 31.9. The number of H-pyrrole nitrogens is 1. The third-order valence-electron chi connectivity index (χ3n) is 6.80. The number of benzene rings is 1. The molecule has 0 atom stereocenters. The monoisotopic (exact) mass is 434 g/mol. The Hall–Kier alpha value is -2.86. The number of fused-ring (bicyclic) bond motifs is 2. The van der Waals surface area contributed by atoms with Crippen molar-refractivity contribution in [2.75, 3.05) is 31.5 Å². The zero-order chi connectivity index (χ0) is 23.0. The second-order valence-corrected chi connectivity index (χ2v) is 8.93. The lowest BCUT2D eigenvalue weighted by molar-refractivity contribution is -0.110. The van der Waals surface area contributed by atoms with Crippen LogP contribution in [-0.4, -0.2) is 47.9 Å². The van der Waals surface area contributed by atoms with Crippen LogP contribution in [0.3, 0.4) is 0 Å². The molecule has 4 rings (SSSR count). The van der Waals surface area contributed by atoms with Gasteiger partial charge in [-0.2, -0.15) is 0 Å². The first-order valence-corrected chi connectivity index (χ1v) is 11.7. The maximum absolute atomic E-state index is 13.1. The summed E-state index contributed by atoms with van der Waals surface area (Å²) < 4.78 is 0. The van der Waals surface area contributed by atoms with Gasteiger partial charge in [0.05, 0.1) is 16.8 Å². The molecule has 1 aromatic carbocycles. The Bertz CT molecular complexity index is 1110. The van der Waals surface area contributed by atoms with E-state index in [2.05, 4.69) is 53.4 Å². The number of aromatic nitrogens is 1. The van der Waals surface area contributed by atoms with E-state index in [1.165, 1.54) is 0 Å². The molecule has 3 N–H and O–H groups in total. The van der Waals surface area contributed by atoms with Gasteiger partial charge in [-0.25, -0.2) is 0 Å². The van der Waals surface area contributed by atoms with Gasteiger partial charge in [-0.05, 0) is 75.9 Å². The SMILES string of the molecule is CCN(CC)CCNC(=O)c1c(C)[nH]c2c1CCCC2=C1C(=O)Nc2c(C)cc(C)cc21. The fraction of sp³-hybridized carbons (Fsp3) is 0.462. The van der Waals surface area contributed by atoms with Crippen molar-refractivity contribution < 1.29 is 9.59 Å². The van der Waals surface area contributed by atoms with Crippen molar-refractivity contribution in [2.24, 2.45) is 0 Å². The Kier molecular flexibility index (Phi) is 6.24. The van der Waals surface area contributed by atoms with Gasteiger partial charge < -0.3 is 20.5 Å². The summed E-state index contributed by atoms with van der Waals surface area (Å²) in [5.41, 5.74) is 9.51. The molecule has 170 valence electrons. The van der Waals surface area contributed by atoms with E-state index in [9.17, 15) is 9.59 Å². The highest BCUT2D eigenvalue weighted by atomic mass is 16.2. The number of nitrogens with zero attached hydrogens (tertiary/aromatic N) is 1. The van der Waals surface area contributed by atoms with E-state index in [4.69, 9.17) is 0 Å².